The highest BCUT2D eigenvalue weighted by molar-refractivity contribution is 5.82. The zero-order chi connectivity index (χ0) is 24.0. The summed E-state index contributed by atoms with van der Waals surface area (Å²) < 4.78 is 9.76. The summed E-state index contributed by atoms with van der Waals surface area (Å²) in [7, 11) is 0. The minimum Gasteiger partial charge on any atom is -0.481 e. The molecule has 8 heteroatoms. The van der Waals surface area contributed by atoms with E-state index in [-0.39, 0.29) is 19.4 Å². The van der Waals surface area contributed by atoms with Crippen LogP contribution in [0.5, 0.6) is 0 Å². The van der Waals surface area contributed by atoms with Crippen LogP contribution in [0.1, 0.15) is 105 Å². The van der Waals surface area contributed by atoms with Gasteiger partial charge >= 0.3 is 18.0 Å². The third kappa shape index (κ3) is 13.6. The summed E-state index contributed by atoms with van der Waals surface area (Å²) >= 11 is 0. The molecule has 32 heavy (non-hydrogen) atoms. The first-order chi connectivity index (χ1) is 15.1. The number of carbonyl (C=O) groups excluding carboxylic acids is 2. The predicted molar refractivity (Wildman–Crippen MR) is 124 cm³/mol. The van der Waals surface area contributed by atoms with Crippen LogP contribution in [-0.2, 0) is 19.1 Å². The molecule has 0 saturated heterocycles. The van der Waals surface area contributed by atoms with Crippen molar-refractivity contribution >= 4 is 18.0 Å². The number of carboxylic acid groups (broad SMARTS) is 1. The van der Waals surface area contributed by atoms with E-state index in [0.717, 1.165) is 12.1 Å². The zero-order valence-corrected chi connectivity index (χ0v) is 20.4. The topological polar surface area (TPSA) is 114 Å². The van der Waals surface area contributed by atoms with Gasteiger partial charge in [-0.05, 0) is 59.8 Å². The van der Waals surface area contributed by atoms with Gasteiger partial charge < -0.3 is 25.2 Å². The van der Waals surface area contributed by atoms with Crippen LogP contribution in [0.4, 0.5) is 4.79 Å². The van der Waals surface area contributed by atoms with Crippen LogP contribution in [0.2, 0.25) is 0 Å². The van der Waals surface area contributed by atoms with Crippen molar-refractivity contribution in [3.05, 3.63) is 0 Å². The third-order valence-electron chi connectivity index (χ3n) is 5.59. The predicted octanol–water partition coefficient (Wildman–Crippen LogP) is 4.55. The highest BCUT2D eigenvalue weighted by Gasteiger charge is 2.26. The Balaban J connectivity index is 0.000000339. The number of carboxylic acids is 1. The van der Waals surface area contributed by atoms with Gasteiger partial charge in [0.25, 0.3) is 0 Å². The maximum Gasteiger partial charge on any atom is 0.408 e. The van der Waals surface area contributed by atoms with Gasteiger partial charge in [0.1, 0.15) is 11.6 Å². The van der Waals surface area contributed by atoms with Crippen LogP contribution < -0.4 is 10.6 Å². The Morgan fingerprint density at radius 2 is 1.44 bits per heavy atom. The maximum atomic E-state index is 11.6. The summed E-state index contributed by atoms with van der Waals surface area (Å²) in [5.41, 5.74) is -0.698. The molecule has 0 aliphatic heterocycles. The fourth-order valence-corrected chi connectivity index (χ4v) is 4.08. The van der Waals surface area contributed by atoms with Gasteiger partial charge in [-0.3, -0.25) is 4.79 Å². The zero-order valence-electron chi connectivity index (χ0n) is 20.4. The molecule has 1 unspecified atom stereocenters. The van der Waals surface area contributed by atoms with Crippen LogP contribution in [0.3, 0.4) is 0 Å². The molecule has 0 heterocycles. The Morgan fingerprint density at radius 3 is 1.84 bits per heavy atom. The van der Waals surface area contributed by atoms with E-state index in [4.69, 9.17) is 14.6 Å². The van der Waals surface area contributed by atoms with Crippen LogP contribution in [0.25, 0.3) is 0 Å². The Kier molecular flexibility index (Phi) is 13.3. The third-order valence-corrected chi connectivity index (χ3v) is 5.59. The van der Waals surface area contributed by atoms with Crippen molar-refractivity contribution in [2.45, 2.75) is 128 Å². The lowest BCUT2D eigenvalue weighted by Gasteiger charge is -2.30. The minimum absolute atomic E-state index is 0.0482. The molecule has 186 valence electrons. The second-order valence-electron chi connectivity index (χ2n) is 9.72. The average molecular weight is 457 g/mol. The molecule has 0 aromatic carbocycles. The van der Waals surface area contributed by atoms with E-state index in [1.54, 1.807) is 27.7 Å². The molecule has 3 N–H and O–H groups in total. The molecule has 2 aliphatic rings. The van der Waals surface area contributed by atoms with Crippen molar-refractivity contribution in [3.8, 4) is 0 Å². The number of alkyl carbamates (subject to hydrolysis) is 1. The van der Waals surface area contributed by atoms with Crippen molar-refractivity contribution in [1.29, 1.82) is 0 Å². The van der Waals surface area contributed by atoms with Gasteiger partial charge in [0.05, 0.1) is 6.61 Å². The molecule has 2 saturated carbocycles. The second kappa shape index (κ2) is 15.1. The van der Waals surface area contributed by atoms with Gasteiger partial charge in [-0.15, -0.1) is 0 Å². The smallest absolute Gasteiger partial charge is 0.408 e. The Bertz CT molecular complexity index is 547. The summed E-state index contributed by atoms with van der Waals surface area (Å²) in [6, 6.07) is 0.722. The number of carbonyl (C=O) groups is 3. The molecule has 0 spiro atoms. The normalized spacial score (nSPS) is 18.6. The van der Waals surface area contributed by atoms with Crippen LogP contribution in [0.15, 0.2) is 0 Å². The number of amides is 1. The van der Waals surface area contributed by atoms with Crippen LogP contribution >= 0.6 is 0 Å². The molecule has 1 atom stereocenters. The first kappa shape index (κ1) is 28.2. The van der Waals surface area contributed by atoms with Crippen molar-refractivity contribution < 1.29 is 29.0 Å². The number of aliphatic carboxylic acids is 1. The first-order valence-electron chi connectivity index (χ1n) is 12.2. The van der Waals surface area contributed by atoms with Gasteiger partial charge in [-0.1, -0.05) is 38.5 Å². The molecule has 0 radical (unpaired) electrons. The molecule has 2 aliphatic carbocycles. The fourth-order valence-electron chi connectivity index (χ4n) is 4.08. The Labute approximate surface area is 193 Å². The standard InChI is InChI=1S/C12H21NO6.C12H23N/c1-5-18-10(16)8(6-7-9(14)15)13-11(17)19-12(2,3)4;1-3-7-11(8-4-1)13-12-9-5-2-6-10-12/h8H,5-7H2,1-4H3,(H,13,17)(H,14,15);11-13H,1-10H2. The molecule has 2 fully saturated rings. The number of nitrogens with one attached hydrogen (secondary N) is 2. The Morgan fingerprint density at radius 1 is 0.938 bits per heavy atom. The summed E-state index contributed by atoms with van der Waals surface area (Å²) in [4.78, 5) is 33.6. The van der Waals surface area contributed by atoms with E-state index in [0.29, 0.717) is 0 Å². The van der Waals surface area contributed by atoms with Crippen LogP contribution in [-0.4, -0.2) is 53.5 Å². The Hall–Kier alpha value is -1.83. The van der Waals surface area contributed by atoms with Crippen molar-refractivity contribution in [1.82, 2.24) is 10.6 Å². The highest BCUT2D eigenvalue weighted by atomic mass is 16.6. The first-order valence-corrected chi connectivity index (χ1v) is 12.2. The molecule has 0 aromatic heterocycles. The van der Waals surface area contributed by atoms with E-state index in [9.17, 15) is 14.4 Å². The lowest BCUT2D eigenvalue weighted by Crippen LogP contribution is -2.44. The number of esters is 1. The number of rotatable bonds is 8. The molecule has 8 nitrogen and oxygen atoms in total. The summed E-state index contributed by atoms with van der Waals surface area (Å²) in [6.45, 7) is 6.83. The van der Waals surface area contributed by atoms with E-state index >= 15 is 0 Å². The highest BCUT2D eigenvalue weighted by Crippen LogP contribution is 2.22. The van der Waals surface area contributed by atoms with Gasteiger partial charge in [0, 0.05) is 18.5 Å². The lowest BCUT2D eigenvalue weighted by atomic mass is 9.91. The quantitative estimate of drug-likeness (QED) is 0.459. The van der Waals surface area contributed by atoms with Gasteiger partial charge in [-0.2, -0.15) is 0 Å². The molecular weight excluding hydrogens is 412 g/mol. The van der Waals surface area contributed by atoms with E-state index in [1.807, 2.05) is 0 Å². The number of hydrogen-bond donors (Lipinski definition) is 3. The van der Waals surface area contributed by atoms with Gasteiger partial charge in [0.15, 0.2) is 0 Å². The van der Waals surface area contributed by atoms with E-state index in [1.165, 1.54) is 64.2 Å². The van der Waals surface area contributed by atoms with Gasteiger partial charge in [0.2, 0.25) is 0 Å². The fraction of sp³-hybridized carbons (Fsp3) is 0.875. The van der Waals surface area contributed by atoms with E-state index < -0.39 is 29.7 Å². The minimum atomic E-state index is -1.06. The molecule has 0 aromatic rings. The lowest BCUT2D eigenvalue weighted by molar-refractivity contribution is -0.146. The number of ether oxygens (including phenoxy) is 2. The second-order valence-corrected chi connectivity index (χ2v) is 9.72. The van der Waals surface area contributed by atoms with Crippen molar-refractivity contribution in [2.24, 2.45) is 0 Å². The SMILES string of the molecule is C1CCC(NC2CCCCC2)CC1.CCOC(=O)C(CCC(=O)O)NC(=O)OC(C)(C)C. The summed E-state index contributed by atoms with van der Waals surface area (Å²) in [6.07, 6.45) is 13.5. The average Bonchev–Trinajstić information content (AvgIpc) is 2.72. The van der Waals surface area contributed by atoms with Crippen molar-refractivity contribution in [2.75, 3.05) is 6.61 Å². The van der Waals surface area contributed by atoms with E-state index in [2.05, 4.69) is 10.6 Å². The molecule has 0 bridgehead atoms. The van der Waals surface area contributed by atoms with Crippen molar-refractivity contribution in [3.63, 3.8) is 0 Å². The summed E-state index contributed by atoms with van der Waals surface area (Å²) in [5.74, 6) is -1.73. The monoisotopic (exact) mass is 456 g/mol. The summed E-state index contributed by atoms with van der Waals surface area (Å²) in [5, 5.41) is 14.8. The molecule has 2 rings (SSSR count). The van der Waals surface area contributed by atoms with Crippen LogP contribution in [0, 0.1) is 0 Å². The molecule has 1 amide bonds. The largest absolute Gasteiger partial charge is 0.481 e. The molecular formula is C24H44N2O6. The van der Waals surface area contributed by atoms with Gasteiger partial charge in [-0.25, -0.2) is 9.59 Å². The number of hydrogen-bond acceptors (Lipinski definition) is 6. The maximum absolute atomic E-state index is 11.6.